The first-order valence-electron chi connectivity index (χ1n) is 6.64. The Morgan fingerprint density at radius 2 is 2.22 bits per heavy atom. The van der Waals surface area contributed by atoms with E-state index in [0.29, 0.717) is 28.1 Å². The fourth-order valence-corrected chi connectivity index (χ4v) is 2.46. The molecule has 6 nitrogen and oxygen atoms in total. The second-order valence-corrected chi connectivity index (χ2v) is 5.22. The van der Waals surface area contributed by atoms with E-state index in [1.807, 2.05) is 0 Å². The minimum Gasteiger partial charge on any atom is -0.465 e. The highest BCUT2D eigenvalue weighted by molar-refractivity contribution is 6.31. The number of nitrogens with zero attached hydrogens (tertiary/aromatic N) is 3. The van der Waals surface area contributed by atoms with Gasteiger partial charge in [0.1, 0.15) is 17.7 Å². The summed E-state index contributed by atoms with van der Waals surface area (Å²) in [7, 11) is 1.31. The molecule has 0 spiro atoms. The predicted octanol–water partition coefficient (Wildman–Crippen LogP) is 3.36. The zero-order valence-corrected chi connectivity index (χ0v) is 13.1. The molecule has 0 unspecified atom stereocenters. The van der Waals surface area contributed by atoms with E-state index in [-0.39, 0.29) is 5.02 Å². The number of ether oxygens (including phenoxy) is 1. The number of hydrogen-bond acceptors (Lipinski definition) is 5. The number of methoxy groups -OCH3 is 1. The molecule has 0 aliphatic heterocycles. The third-order valence-electron chi connectivity index (χ3n) is 3.41. The van der Waals surface area contributed by atoms with Gasteiger partial charge in [0.05, 0.1) is 17.7 Å². The van der Waals surface area contributed by atoms with E-state index in [9.17, 15) is 9.18 Å². The lowest BCUT2D eigenvalue weighted by molar-refractivity contribution is 0.0600. The minimum absolute atomic E-state index is 0.00225. The molecular weight excluding hydrogens is 323 g/mol. The van der Waals surface area contributed by atoms with Gasteiger partial charge in [0.25, 0.3) is 0 Å². The lowest BCUT2D eigenvalue weighted by Crippen LogP contribution is -2.01. The van der Waals surface area contributed by atoms with Crippen molar-refractivity contribution in [2.75, 3.05) is 12.4 Å². The Balaban J connectivity index is 2.08. The van der Waals surface area contributed by atoms with E-state index >= 15 is 0 Å². The number of halogens is 2. The zero-order valence-electron chi connectivity index (χ0n) is 12.3. The molecule has 0 amide bonds. The number of aryl methyl sites for hydroxylation is 1. The second kappa shape index (κ2) is 5.85. The van der Waals surface area contributed by atoms with Crippen LogP contribution in [0.15, 0.2) is 30.7 Å². The molecule has 1 aromatic carbocycles. The first-order valence-corrected chi connectivity index (χ1v) is 7.02. The molecule has 8 heteroatoms. The average molecular weight is 335 g/mol. The van der Waals surface area contributed by atoms with E-state index < -0.39 is 11.8 Å². The van der Waals surface area contributed by atoms with Gasteiger partial charge in [-0.05, 0) is 30.7 Å². The van der Waals surface area contributed by atoms with Crippen LogP contribution in [-0.4, -0.2) is 27.7 Å². The third-order valence-corrected chi connectivity index (χ3v) is 3.70. The Hall–Kier alpha value is -2.67. The van der Waals surface area contributed by atoms with Gasteiger partial charge in [-0.2, -0.15) is 5.10 Å². The maximum absolute atomic E-state index is 13.2. The smallest absolute Gasteiger partial charge is 0.339 e. The van der Waals surface area contributed by atoms with Crippen molar-refractivity contribution in [1.82, 2.24) is 14.6 Å². The van der Waals surface area contributed by atoms with Crippen molar-refractivity contribution in [3.8, 4) is 0 Å². The van der Waals surface area contributed by atoms with Crippen LogP contribution >= 0.6 is 11.6 Å². The molecule has 0 aliphatic carbocycles. The standard InChI is InChI=1S/C15H12ClFN4O2/c1-8-10(15(22)23-2)6-21-13(8)14(18-7-19-21)20-9-3-4-12(17)11(16)5-9/h3-7H,1-2H3,(H,18,19,20). The van der Waals surface area contributed by atoms with Crippen molar-refractivity contribution >= 4 is 34.6 Å². The molecule has 0 saturated heterocycles. The quantitative estimate of drug-likeness (QED) is 0.744. The number of carbonyl (C=O) groups is 1. The van der Waals surface area contributed by atoms with Crippen LogP contribution in [0.2, 0.25) is 5.02 Å². The second-order valence-electron chi connectivity index (χ2n) is 4.82. The number of hydrogen-bond donors (Lipinski definition) is 1. The molecule has 2 aromatic heterocycles. The highest BCUT2D eigenvalue weighted by atomic mass is 35.5. The summed E-state index contributed by atoms with van der Waals surface area (Å²) in [5, 5.41) is 7.14. The number of fused-ring (bicyclic) bond motifs is 1. The Labute approximate surface area is 135 Å². The third kappa shape index (κ3) is 2.70. The van der Waals surface area contributed by atoms with E-state index in [2.05, 4.69) is 15.4 Å². The maximum atomic E-state index is 13.2. The lowest BCUT2D eigenvalue weighted by atomic mass is 10.2. The number of aromatic nitrogens is 3. The van der Waals surface area contributed by atoms with E-state index in [1.165, 1.54) is 30.1 Å². The fraction of sp³-hybridized carbons (Fsp3) is 0.133. The Kier molecular flexibility index (Phi) is 3.87. The Bertz CT molecular complexity index is 910. The number of rotatable bonds is 3. The van der Waals surface area contributed by atoms with Crippen molar-refractivity contribution in [3.05, 3.63) is 52.7 Å². The molecule has 118 valence electrons. The number of benzene rings is 1. The molecule has 3 rings (SSSR count). The summed E-state index contributed by atoms with van der Waals surface area (Å²) in [5.74, 6) is -0.490. The van der Waals surface area contributed by atoms with E-state index in [4.69, 9.17) is 16.3 Å². The van der Waals surface area contributed by atoms with Crippen LogP contribution in [0.4, 0.5) is 15.9 Å². The van der Waals surface area contributed by atoms with Crippen molar-refractivity contribution in [1.29, 1.82) is 0 Å². The van der Waals surface area contributed by atoms with Gasteiger partial charge in [0, 0.05) is 11.9 Å². The van der Waals surface area contributed by atoms with Crippen molar-refractivity contribution in [2.45, 2.75) is 6.92 Å². The molecule has 0 radical (unpaired) electrons. The van der Waals surface area contributed by atoms with Crippen LogP contribution in [0.25, 0.3) is 5.52 Å². The summed E-state index contributed by atoms with van der Waals surface area (Å²) < 4.78 is 19.5. The van der Waals surface area contributed by atoms with Gasteiger partial charge in [-0.25, -0.2) is 18.7 Å². The van der Waals surface area contributed by atoms with Gasteiger partial charge in [0.2, 0.25) is 0 Å². The number of esters is 1. The SMILES string of the molecule is COC(=O)c1cn2ncnc(Nc3ccc(F)c(Cl)c3)c2c1C. The Morgan fingerprint density at radius 1 is 1.43 bits per heavy atom. The largest absolute Gasteiger partial charge is 0.465 e. The van der Waals surface area contributed by atoms with E-state index in [0.717, 1.165) is 0 Å². The summed E-state index contributed by atoms with van der Waals surface area (Å²) in [6.07, 6.45) is 2.92. The van der Waals surface area contributed by atoms with Crippen LogP contribution in [0.3, 0.4) is 0 Å². The number of carbonyl (C=O) groups excluding carboxylic acids is 1. The summed E-state index contributed by atoms with van der Waals surface area (Å²) >= 11 is 5.78. The molecule has 0 aliphatic rings. The molecule has 23 heavy (non-hydrogen) atoms. The molecule has 0 saturated carbocycles. The monoisotopic (exact) mass is 334 g/mol. The minimum atomic E-state index is -0.503. The highest BCUT2D eigenvalue weighted by Gasteiger charge is 2.18. The van der Waals surface area contributed by atoms with Crippen molar-refractivity contribution < 1.29 is 13.9 Å². The highest BCUT2D eigenvalue weighted by Crippen LogP contribution is 2.27. The average Bonchev–Trinajstić information content (AvgIpc) is 2.88. The number of nitrogens with one attached hydrogen (secondary N) is 1. The van der Waals surface area contributed by atoms with Crippen LogP contribution < -0.4 is 5.32 Å². The summed E-state index contributed by atoms with van der Waals surface area (Å²) in [4.78, 5) is 16.0. The first kappa shape index (κ1) is 15.2. The van der Waals surface area contributed by atoms with Crippen LogP contribution in [0, 0.1) is 12.7 Å². The van der Waals surface area contributed by atoms with Gasteiger partial charge >= 0.3 is 5.97 Å². The fourth-order valence-electron chi connectivity index (χ4n) is 2.28. The lowest BCUT2D eigenvalue weighted by Gasteiger charge is -2.08. The van der Waals surface area contributed by atoms with Gasteiger partial charge in [-0.15, -0.1) is 0 Å². The van der Waals surface area contributed by atoms with Crippen LogP contribution in [0.1, 0.15) is 15.9 Å². The predicted molar refractivity (Wildman–Crippen MR) is 83.8 cm³/mol. The van der Waals surface area contributed by atoms with Crippen molar-refractivity contribution in [3.63, 3.8) is 0 Å². The maximum Gasteiger partial charge on any atom is 0.339 e. The first-order chi connectivity index (χ1) is 11.0. The summed E-state index contributed by atoms with van der Waals surface area (Å²) in [6, 6.07) is 4.25. The van der Waals surface area contributed by atoms with Crippen LogP contribution in [0.5, 0.6) is 0 Å². The van der Waals surface area contributed by atoms with Gasteiger partial charge < -0.3 is 10.1 Å². The van der Waals surface area contributed by atoms with Gasteiger partial charge in [0.15, 0.2) is 5.82 Å². The molecular formula is C15H12ClFN4O2. The molecule has 0 bridgehead atoms. The van der Waals surface area contributed by atoms with Gasteiger partial charge in [-0.1, -0.05) is 11.6 Å². The van der Waals surface area contributed by atoms with E-state index in [1.54, 1.807) is 19.2 Å². The molecule has 3 aromatic rings. The normalized spacial score (nSPS) is 10.8. The topological polar surface area (TPSA) is 68.5 Å². The summed E-state index contributed by atoms with van der Waals surface area (Å²) in [6.45, 7) is 1.77. The summed E-state index contributed by atoms with van der Waals surface area (Å²) in [5.41, 5.74) is 2.26. The molecule has 1 N–H and O–H groups in total. The zero-order chi connectivity index (χ0) is 16.6. The van der Waals surface area contributed by atoms with Crippen LogP contribution in [-0.2, 0) is 4.74 Å². The molecule has 0 atom stereocenters. The molecule has 2 heterocycles. The van der Waals surface area contributed by atoms with Gasteiger partial charge in [-0.3, -0.25) is 0 Å². The number of anilines is 2. The van der Waals surface area contributed by atoms with Crippen molar-refractivity contribution in [2.24, 2.45) is 0 Å². The Morgan fingerprint density at radius 3 is 2.91 bits per heavy atom. The molecule has 0 fully saturated rings.